The van der Waals surface area contributed by atoms with Crippen LogP contribution < -0.4 is 10.1 Å². The number of amides is 3. The summed E-state index contributed by atoms with van der Waals surface area (Å²) < 4.78 is 34.5. The van der Waals surface area contributed by atoms with Crippen LogP contribution in [0.2, 0.25) is 0 Å². The summed E-state index contributed by atoms with van der Waals surface area (Å²) in [5, 5.41) is 11.2. The monoisotopic (exact) mass is 570 g/mol. The molecule has 214 valence electrons. The van der Waals surface area contributed by atoms with Crippen LogP contribution >= 0.6 is 0 Å². The van der Waals surface area contributed by atoms with Gasteiger partial charge < -0.3 is 9.64 Å². The van der Waals surface area contributed by atoms with Crippen molar-refractivity contribution in [3.8, 4) is 17.6 Å². The van der Waals surface area contributed by atoms with Crippen molar-refractivity contribution in [2.24, 2.45) is 0 Å². The molecule has 0 bridgehead atoms. The molecule has 3 aromatic rings. The van der Waals surface area contributed by atoms with Crippen LogP contribution in [-0.2, 0) is 22.7 Å². The predicted molar refractivity (Wildman–Crippen MR) is 147 cm³/mol. The lowest BCUT2D eigenvalue weighted by Gasteiger charge is -2.33. The number of rotatable bonds is 6. The second-order valence-electron chi connectivity index (χ2n) is 11.0. The molecule has 42 heavy (non-hydrogen) atoms. The molecular weight excluding hydrogens is 542 g/mol. The van der Waals surface area contributed by atoms with Crippen molar-refractivity contribution in [1.29, 1.82) is 5.26 Å². The standard InChI is InChI=1S/C32H28F2N4O4/c33-22-14-24(26-18-38(32(41)25(26)15-22)28-6-8-30(39)36-31(28)40)21-9-11-37(12-10-21)17-19-1-4-23(5-2-19)42-29-7-3-20(16-35)13-27(29)34/h1-5,7,13-15,21,28H,6,8-12,17-18H2,(H,36,39,40). The van der Waals surface area contributed by atoms with E-state index in [2.05, 4.69) is 10.2 Å². The Morgan fingerprint density at radius 3 is 2.43 bits per heavy atom. The number of imide groups is 1. The van der Waals surface area contributed by atoms with Crippen LogP contribution in [0, 0.1) is 23.0 Å². The van der Waals surface area contributed by atoms with Crippen molar-refractivity contribution in [2.45, 2.75) is 50.7 Å². The van der Waals surface area contributed by atoms with Gasteiger partial charge in [-0.1, -0.05) is 12.1 Å². The lowest BCUT2D eigenvalue weighted by molar-refractivity contribution is -0.136. The molecule has 0 radical (unpaired) electrons. The van der Waals surface area contributed by atoms with Gasteiger partial charge in [0.2, 0.25) is 11.8 Å². The van der Waals surface area contributed by atoms with Crippen LogP contribution in [0.1, 0.15) is 64.2 Å². The van der Waals surface area contributed by atoms with E-state index in [-0.39, 0.29) is 48.4 Å². The summed E-state index contributed by atoms with van der Waals surface area (Å²) in [4.78, 5) is 41.0. The fraction of sp³-hybridized carbons (Fsp3) is 0.312. The third-order valence-electron chi connectivity index (χ3n) is 8.30. The highest BCUT2D eigenvalue weighted by atomic mass is 19.1. The molecule has 0 saturated carbocycles. The number of nitrogens with zero attached hydrogens (tertiary/aromatic N) is 3. The van der Waals surface area contributed by atoms with Gasteiger partial charge in [-0.05, 0) is 97.4 Å². The first-order chi connectivity index (χ1) is 20.3. The average molecular weight is 571 g/mol. The Balaban J connectivity index is 1.08. The number of carbonyl (C=O) groups is 3. The van der Waals surface area contributed by atoms with E-state index < -0.39 is 23.6 Å². The smallest absolute Gasteiger partial charge is 0.255 e. The number of nitrogens with one attached hydrogen (secondary N) is 1. The number of hydrogen-bond donors (Lipinski definition) is 1. The van der Waals surface area contributed by atoms with Crippen LogP contribution in [-0.4, -0.2) is 46.7 Å². The van der Waals surface area contributed by atoms with Gasteiger partial charge in [-0.3, -0.25) is 24.6 Å². The number of likely N-dealkylation sites (tertiary alicyclic amines) is 1. The second-order valence-corrected chi connectivity index (χ2v) is 11.0. The molecule has 8 nitrogen and oxygen atoms in total. The molecule has 0 spiro atoms. The lowest BCUT2D eigenvalue weighted by Crippen LogP contribution is -2.52. The van der Waals surface area contributed by atoms with E-state index in [1.54, 1.807) is 12.1 Å². The zero-order valence-electron chi connectivity index (χ0n) is 22.7. The molecule has 10 heteroatoms. The fourth-order valence-corrected chi connectivity index (χ4v) is 6.12. The molecular formula is C32H28F2N4O4. The Labute approximate surface area is 241 Å². The minimum atomic E-state index is -0.736. The zero-order chi connectivity index (χ0) is 29.4. The number of carbonyl (C=O) groups excluding carboxylic acids is 3. The molecule has 0 aromatic heterocycles. The van der Waals surface area contributed by atoms with E-state index in [0.717, 1.165) is 48.7 Å². The average Bonchev–Trinajstić information content (AvgIpc) is 3.30. The van der Waals surface area contributed by atoms with Crippen LogP contribution in [0.15, 0.2) is 54.6 Å². The molecule has 3 aromatic carbocycles. The van der Waals surface area contributed by atoms with Crippen LogP contribution in [0.4, 0.5) is 8.78 Å². The Morgan fingerprint density at radius 1 is 0.976 bits per heavy atom. The molecule has 3 aliphatic rings. The summed E-state index contributed by atoms with van der Waals surface area (Å²) in [6.07, 6.45) is 2.02. The molecule has 1 atom stereocenters. The van der Waals surface area contributed by atoms with E-state index in [1.165, 1.54) is 29.2 Å². The third kappa shape index (κ3) is 5.48. The molecule has 3 amide bonds. The summed E-state index contributed by atoms with van der Waals surface area (Å²) in [7, 11) is 0. The van der Waals surface area contributed by atoms with Gasteiger partial charge in [0.1, 0.15) is 17.6 Å². The van der Waals surface area contributed by atoms with Gasteiger partial charge in [0.15, 0.2) is 11.6 Å². The topological polar surface area (TPSA) is 103 Å². The van der Waals surface area contributed by atoms with E-state index in [9.17, 15) is 23.2 Å². The molecule has 3 aliphatic heterocycles. The van der Waals surface area contributed by atoms with Crippen LogP contribution in [0.3, 0.4) is 0 Å². The zero-order valence-corrected chi connectivity index (χ0v) is 22.7. The third-order valence-corrected chi connectivity index (χ3v) is 8.30. The Kier molecular flexibility index (Phi) is 7.43. The van der Waals surface area contributed by atoms with Gasteiger partial charge in [-0.2, -0.15) is 5.26 Å². The Bertz CT molecular complexity index is 1610. The first-order valence-electron chi connectivity index (χ1n) is 13.9. The molecule has 2 fully saturated rings. The first kappa shape index (κ1) is 27.5. The van der Waals surface area contributed by atoms with E-state index in [0.29, 0.717) is 17.9 Å². The number of halogens is 2. The van der Waals surface area contributed by atoms with Crippen LogP contribution in [0.5, 0.6) is 11.5 Å². The van der Waals surface area contributed by atoms with Crippen molar-refractivity contribution >= 4 is 17.7 Å². The Hall–Kier alpha value is -4.62. The SMILES string of the molecule is N#Cc1ccc(Oc2ccc(CN3CCC(c4cc(F)cc5c4CN(C4CCC(=O)NC4=O)C5=O)CC3)cc2)c(F)c1. The Morgan fingerprint density at radius 2 is 1.74 bits per heavy atom. The summed E-state index contributed by atoms with van der Waals surface area (Å²) in [5.41, 5.74) is 3.20. The van der Waals surface area contributed by atoms with Gasteiger partial charge in [-0.25, -0.2) is 8.78 Å². The molecule has 6 rings (SSSR count). The molecule has 2 saturated heterocycles. The normalized spacial score (nSPS) is 19.4. The summed E-state index contributed by atoms with van der Waals surface area (Å²) in [5.74, 6) is -1.64. The fourth-order valence-electron chi connectivity index (χ4n) is 6.12. The maximum atomic E-state index is 14.7. The van der Waals surface area contributed by atoms with Crippen LogP contribution in [0.25, 0.3) is 0 Å². The highest BCUT2D eigenvalue weighted by Gasteiger charge is 2.41. The van der Waals surface area contributed by atoms with Gasteiger partial charge in [0.25, 0.3) is 5.91 Å². The summed E-state index contributed by atoms with van der Waals surface area (Å²) in [6, 6.07) is 15.4. The molecule has 1 unspecified atom stereocenters. The predicted octanol–water partition coefficient (Wildman–Crippen LogP) is 4.77. The number of hydrogen-bond acceptors (Lipinski definition) is 6. The quantitative estimate of drug-likeness (QED) is 0.429. The number of benzene rings is 3. The van der Waals surface area contributed by atoms with Gasteiger partial charge in [0.05, 0.1) is 11.6 Å². The van der Waals surface area contributed by atoms with E-state index in [1.807, 2.05) is 18.2 Å². The van der Waals surface area contributed by atoms with Crippen molar-refractivity contribution in [3.63, 3.8) is 0 Å². The molecule has 3 heterocycles. The summed E-state index contributed by atoms with van der Waals surface area (Å²) in [6.45, 7) is 2.52. The molecule has 1 N–H and O–H groups in total. The molecule has 0 aliphatic carbocycles. The minimum Gasteiger partial charge on any atom is -0.454 e. The van der Waals surface area contributed by atoms with Crippen molar-refractivity contribution in [2.75, 3.05) is 13.1 Å². The largest absolute Gasteiger partial charge is 0.454 e. The second kappa shape index (κ2) is 11.3. The number of ether oxygens (including phenoxy) is 1. The highest BCUT2D eigenvalue weighted by Crippen LogP contribution is 2.38. The van der Waals surface area contributed by atoms with Crippen molar-refractivity contribution in [3.05, 3.63) is 94.0 Å². The minimum absolute atomic E-state index is 0.0505. The van der Waals surface area contributed by atoms with E-state index in [4.69, 9.17) is 10.00 Å². The first-order valence-corrected chi connectivity index (χ1v) is 13.9. The van der Waals surface area contributed by atoms with Crippen molar-refractivity contribution in [1.82, 2.24) is 15.1 Å². The van der Waals surface area contributed by atoms with Crippen molar-refractivity contribution < 1.29 is 27.9 Å². The summed E-state index contributed by atoms with van der Waals surface area (Å²) >= 11 is 0. The maximum absolute atomic E-state index is 14.7. The maximum Gasteiger partial charge on any atom is 0.255 e. The highest BCUT2D eigenvalue weighted by molar-refractivity contribution is 6.05. The number of nitriles is 1. The van der Waals surface area contributed by atoms with Gasteiger partial charge >= 0.3 is 0 Å². The number of fused-ring (bicyclic) bond motifs is 1. The van der Waals surface area contributed by atoms with Gasteiger partial charge in [-0.15, -0.1) is 0 Å². The van der Waals surface area contributed by atoms with Gasteiger partial charge in [0, 0.05) is 25.1 Å². The lowest BCUT2D eigenvalue weighted by atomic mass is 9.85. The number of piperidine rings is 2. The van der Waals surface area contributed by atoms with E-state index >= 15 is 0 Å².